The van der Waals surface area contributed by atoms with Gasteiger partial charge in [0.2, 0.25) is 5.91 Å². The van der Waals surface area contributed by atoms with E-state index in [1.165, 1.54) is 6.07 Å². The average Bonchev–Trinajstić information content (AvgIpc) is 2.42. The van der Waals surface area contributed by atoms with Crippen LogP contribution in [-0.2, 0) is 22.6 Å². The molecular weight excluding hydrogens is 257 g/mol. The predicted molar refractivity (Wildman–Crippen MR) is 75.9 cm³/mol. The quantitative estimate of drug-likeness (QED) is 0.908. The third-order valence-electron chi connectivity index (χ3n) is 2.83. The molecule has 4 heteroatoms. The van der Waals surface area contributed by atoms with Crippen molar-refractivity contribution in [3.63, 3.8) is 0 Å². The first kappa shape index (κ1) is 14.2. The molecule has 1 N–H and O–H groups in total. The van der Waals surface area contributed by atoms with Crippen LogP contribution in [0.2, 0.25) is 0 Å². The second kappa shape index (κ2) is 6.82. The predicted octanol–water partition coefficient (Wildman–Crippen LogP) is 3.15. The Kier molecular flexibility index (Phi) is 4.85. The van der Waals surface area contributed by atoms with Crippen molar-refractivity contribution in [1.82, 2.24) is 0 Å². The van der Waals surface area contributed by atoms with Crippen molar-refractivity contribution in [2.24, 2.45) is 0 Å². The molecule has 2 aromatic rings. The van der Waals surface area contributed by atoms with Crippen LogP contribution in [0.4, 0.5) is 10.1 Å². The summed E-state index contributed by atoms with van der Waals surface area (Å²) < 4.78 is 18.5. The number of anilines is 1. The minimum Gasteiger partial charge on any atom is -0.380 e. The largest absolute Gasteiger partial charge is 0.380 e. The van der Waals surface area contributed by atoms with Crippen molar-refractivity contribution in [2.45, 2.75) is 13.0 Å². The third kappa shape index (κ3) is 3.90. The van der Waals surface area contributed by atoms with E-state index in [9.17, 15) is 9.18 Å². The van der Waals surface area contributed by atoms with Crippen molar-refractivity contribution in [3.8, 4) is 0 Å². The maximum atomic E-state index is 13.5. The zero-order valence-corrected chi connectivity index (χ0v) is 11.2. The topological polar surface area (TPSA) is 38.3 Å². The Labute approximate surface area is 117 Å². The summed E-state index contributed by atoms with van der Waals surface area (Å²) in [5.41, 5.74) is 2.04. The fraction of sp³-hybridized carbons (Fsp3) is 0.188. The number of rotatable bonds is 5. The first-order valence-corrected chi connectivity index (χ1v) is 6.30. The molecular formula is C16H16FNO2. The van der Waals surface area contributed by atoms with Gasteiger partial charge < -0.3 is 10.1 Å². The lowest BCUT2D eigenvalue weighted by atomic mass is 10.1. The summed E-state index contributed by atoms with van der Waals surface area (Å²) in [4.78, 5) is 11.9. The highest BCUT2D eigenvalue weighted by molar-refractivity contribution is 5.92. The lowest BCUT2D eigenvalue weighted by molar-refractivity contribution is -0.115. The number of hydrogen-bond acceptors (Lipinski definition) is 2. The third-order valence-corrected chi connectivity index (χ3v) is 2.83. The van der Waals surface area contributed by atoms with Gasteiger partial charge in [-0.3, -0.25) is 4.79 Å². The molecule has 0 aliphatic rings. The molecule has 0 aliphatic heterocycles. The van der Waals surface area contributed by atoms with Crippen molar-refractivity contribution in [1.29, 1.82) is 0 Å². The van der Waals surface area contributed by atoms with Crippen LogP contribution < -0.4 is 5.32 Å². The van der Waals surface area contributed by atoms with Gasteiger partial charge in [-0.2, -0.15) is 0 Å². The van der Waals surface area contributed by atoms with E-state index in [2.05, 4.69) is 5.32 Å². The van der Waals surface area contributed by atoms with Crippen LogP contribution >= 0.6 is 0 Å². The maximum Gasteiger partial charge on any atom is 0.228 e. The fourth-order valence-electron chi connectivity index (χ4n) is 1.93. The summed E-state index contributed by atoms with van der Waals surface area (Å²) in [6, 6.07) is 13.7. The summed E-state index contributed by atoms with van der Waals surface area (Å²) in [7, 11) is 1.61. The number of ether oxygens (including phenoxy) is 1. The molecule has 1 amide bonds. The Morgan fingerprint density at radius 2 is 2.00 bits per heavy atom. The van der Waals surface area contributed by atoms with E-state index in [1.807, 2.05) is 18.2 Å². The van der Waals surface area contributed by atoms with Gasteiger partial charge in [0.1, 0.15) is 5.82 Å². The number of methoxy groups -OCH3 is 1. The monoisotopic (exact) mass is 273 g/mol. The Bertz CT molecular complexity index is 599. The number of benzene rings is 2. The number of carbonyl (C=O) groups excluding carboxylic acids is 1. The van der Waals surface area contributed by atoms with E-state index in [0.29, 0.717) is 17.9 Å². The molecule has 0 atom stereocenters. The maximum absolute atomic E-state index is 13.5. The molecule has 0 aliphatic carbocycles. The van der Waals surface area contributed by atoms with E-state index in [-0.39, 0.29) is 18.1 Å². The van der Waals surface area contributed by atoms with Crippen LogP contribution in [0.1, 0.15) is 11.1 Å². The van der Waals surface area contributed by atoms with E-state index in [4.69, 9.17) is 4.74 Å². The molecule has 104 valence electrons. The van der Waals surface area contributed by atoms with Crippen LogP contribution in [0, 0.1) is 5.82 Å². The van der Waals surface area contributed by atoms with Gasteiger partial charge in [0.15, 0.2) is 0 Å². The van der Waals surface area contributed by atoms with Crippen molar-refractivity contribution < 1.29 is 13.9 Å². The molecule has 2 rings (SSSR count). The normalized spacial score (nSPS) is 10.3. The lowest BCUT2D eigenvalue weighted by Crippen LogP contribution is -2.15. The van der Waals surface area contributed by atoms with Gasteiger partial charge in [-0.1, -0.05) is 30.3 Å². The zero-order valence-electron chi connectivity index (χ0n) is 11.2. The second-order valence-electron chi connectivity index (χ2n) is 4.45. The minimum atomic E-state index is -0.365. The van der Waals surface area contributed by atoms with Gasteiger partial charge in [0, 0.05) is 12.8 Å². The highest BCUT2D eigenvalue weighted by Gasteiger charge is 2.08. The van der Waals surface area contributed by atoms with Gasteiger partial charge in [-0.05, 0) is 29.3 Å². The molecule has 0 spiro atoms. The summed E-state index contributed by atoms with van der Waals surface area (Å²) in [5.74, 6) is -0.611. The standard InChI is InChI=1S/C16H16FNO2/c1-20-11-12-5-4-7-14(9-12)18-16(19)10-13-6-2-3-8-15(13)17/h2-9H,10-11H2,1H3,(H,18,19). The lowest BCUT2D eigenvalue weighted by Gasteiger charge is -2.07. The molecule has 0 unspecified atom stereocenters. The highest BCUT2D eigenvalue weighted by Crippen LogP contribution is 2.13. The van der Waals surface area contributed by atoms with Crippen LogP contribution in [0.5, 0.6) is 0 Å². The van der Waals surface area contributed by atoms with Crippen LogP contribution in [0.15, 0.2) is 48.5 Å². The zero-order chi connectivity index (χ0) is 14.4. The molecule has 3 nitrogen and oxygen atoms in total. The Hall–Kier alpha value is -2.20. The van der Waals surface area contributed by atoms with Gasteiger partial charge in [-0.25, -0.2) is 4.39 Å². The first-order valence-electron chi connectivity index (χ1n) is 6.30. The van der Waals surface area contributed by atoms with Crippen LogP contribution in [0.25, 0.3) is 0 Å². The van der Waals surface area contributed by atoms with Crippen molar-refractivity contribution >= 4 is 11.6 Å². The van der Waals surface area contributed by atoms with Crippen molar-refractivity contribution in [3.05, 3.63) is 65.5 Å². The van der Waals surface area contributed by atoms with E-state index in [0.717, 1.165) is 5.56 Å². The number of halogens is 1. The first-order chi connectivity index (χ1) is 9.69. The molecule has 0 fully saturated rings. The molecule has 0 saturated carbocycles. The molecule has 0 saturated heterocycles. The fourth-order valence-corrected chi connectivity index (χ4v) is 1.93. The Balaban J connectivity index is 2.01. The summed E-state index contributed by atoms with van der Waals surface area (Å²) in [6.07, 6.45) is 0.0151. The van der Waals surface area contributed by atoms with E-state index in [1.54, 1.807) is 31.4 Å². The molecule has 0 aromatic heterocycles. The summed E-state index contributed by atoms with van der Waals surface area (Å²) >= 11 is 0. The second-order valence-corrected chi connectivity index (χ2v) is 4.45. The average molecular weight is 273 g/mol. The molecule has 0 heterocycles. The minimum absolute atomic E-state index is 0.0151. The molecule has 20 heavy (non-hydrogen) atoms. The van der Waals surface area contributed by atoms with Crippen molar-refractivity contribution in [2.75, 3.05) is 12.4 Å². The number of hydrogen-bond donors (Lipinski definition) is 1. The van der Waals surface area contributed by atoms with Gasteiger partial charge in [0.05, 0.1) is 13.0 Å². The van der Waals surface area contributed by atoms with E-state index < -0.39 is 0 Å². The summed E-state index contributed by atoms with van der Waals surface area (Å²) in [6.45, 7) is 0.483. The SMILES string of the molecule is COCc1cccc(NC(=O)Cc2ccccc2F)c1. The molecule has 0 bridgehead atoms. The molecule has 0 radical (unpaired) electrons. The number of amides is 1. The van der Waals surface area contributed by atoms with Gasteiger partial charge >= 0.3 is 0 Å². The smallest absolute Gasteiger partial charge is 0.228 e. The van der Waals surface area contributed by atoms with E-state index >= 15 is 0 Å². The number of carbonyl (C=O) groups is 1. The number of nitrogens with one attached hydrogen (secondary N) is 1. The highest BCUT2D eigenvalue weighted by atomic mass is 19.1. The van der Waals surface area contributed by atoms with Gasteiger partial charge in [-0.15, -0.1) is 0 Å². The Morgan fingerprint density at radius 3 is 2.75 bits per heavy atom. The Morgan fingerprint density at radius 1 is 1.20 bits per heavy atom. The molecule has 2 aromatic carbocycles. The van der Waals surface area contributed by atoms with Crippen LogP contribution in [0.3, 0.4) is 0 Å². The summed E-state index contributed by atoms with van der Waals surface area (Å²) in [5, 5.41) is 2.76. The van der Waals surface area contributed by atoms with Gasteiger partial charge in [0.25, 0.3) is 0 Å². The van der Waals surface area contributed by atoms with Crippen LogP contribution in [-0.4, -0.2) is 13.0 Å².